The Hall–Kier alpha value is -2.93. The van der Waals surface area contributed by atoms with Crippen LogP contribution in [0.1, 0.15) is 31.2 Å². The number of nitriles is 1. The van der Waals surface area contributed by atoms with Gasteiger partial charge in [0, 0.05) is 38.1 Å². The van der Waals surface area contributed by atoms with Gasteiger partial charge in [-0.2, -0.15) is 5.26 Å². The van der Waals surface area contributed by atoms with Crippen molar-refractivity contribution in [1.29, 1.82) is 5.26 Å². The average molecular weight is 415 g/mol. The zero-order valence-corrected chi connectivity index (χ0v) is 17.4. The predicted molar refractivity (Wildman–Crippen MR) is 110 cm³/mol. The standard InChI is InChI=1S/C19H27N7O.CH2O2/c1-24(2)10-16-13-6-12(15-4-3-5-17(27)26(15)16)8-25(9-13)19-14(7-20)18(21)22-11-23-19;2-1-3/h11-13,15-16H,3-6,8-10H2,1-2H3,(H2,21,22,23);1H,(H,2,3)/t12-,13+,15+,16+;/m1./s1. The number of rotatable bonds is 3. The third-order valence-corrected chi connectivity index (χ3v) is 6.32. The van der Waals surface area contributed by atoms with Crippen LogP contribution in [0, 0.1) is 23.2 Å². The van der Waals surface area contributed by atoms with Gasteiger partial charge < -0.3 is 25.5 Å². The van der Waals surface area contributed by atoms with Gasteiger partial charge in [-0.05, 0) is 45.2 Å². The van der Waals surface area contributed by atoms with E-state index in [-0.39, 0.29) is 18.3 Å². The molecule has 0 saturated carbocycles. The Morgan fingerprint density at radius 1 is 1.37 bits per heavy atom. The highest BCUT2D eigenvalue weighted by Gasteiger charge is 2.49. The molecule has 10 heteroatoms. The number of carbonyl (C=O) groups is 2. The molecule has 0 aliphatic carbocycles. The molecule has 4 atom stereocenters. The molecule has 3 fully saturated rings. The fraction of sp³-hybridized carbons (Fsp3) is 0.650. The van der Waals surface area contributed by atoms with E-state index in [0.29, 0.717) is 41.6 Å². The predicted octanol–water partition coefficient (Wildman–Crippen LogP) is 0.399. The Balaban J connectivity index is 0.000000806. The molecule has 3 N–H and O–H groups in total. The highest BCUT2D eigenvalue weighted by Crippen LogP contribution is 2.43. The molecule has 3 saturated heterocycles. The summed E-state index contributed by atoms with van der Waals surface area (Å²) in [6.45, 7) is 2.21. The van der Waals surface area contributed by atoms with Crippen molar-refractivity contribution >= 4 is 24.0 Å². The van der Waals surface area contributed by atoms with E-state index in [9.17, 15) is 10.1 Å². The van der Waals surface area contributed by atoms with Crippen LogP contribution in [0.5, 0.6) is 0 Å². The molecule has 0 aromatic carbocycles. The molecule has 0 radical (unpaired) electrons. The van der Waals surface area contributed by atoms with E-state index in [2.05, 4.69) is 44.8 Å². The molecule has 0 spiro atoms. The molecule has 1 aromatic heterocycles. The van der Waals surface area contributed by atoms with Crippen LogP contribution >= 0.6 is 0 Å². The summed E-state index contributed by atoms with van der Waals surface area (Å²) < 4.78 is 0. The molecule has 1 aromatic rings. The van der Waals surface area contributed by atoms with Gasteiger partial charge in [0.05, 0.1) is 0 Å². The van der Waals surface area contributed by atoms with Crippen molar-refractivity contribution in [2.45, 2.75) is 37.8 Å². The summed E-state index contributed by atoms with van der Waals surface area (Å²) in [5.41, 5.74) is 6.27. The minimum Gasteiger partial charge on any atom is -0.483 e. The lowest BCUT2D eigenvalue weighted by Crippen LogP contribution is -2.67. The van der Waals surface area contributed by atoms with E-state index in [0.717, 1.165) is 38.9 Å². The summed E-state index contributed by atoms with van der Waals surface area (Å²) in [6, 6.07) is 2.67. The molecule has 162 valence electrons. The van der Waals surface area contributed by atoms with Crippen LogP contribution in [0.3, 0.4) is 0 Å². The number of carboxylic acid groups (broad SMARTS) is 1. The van der Waals surface area contributed by atoms with Gasteiger partial charge in [-0.3, -0.25) is 9.59 Å². The quantitative estimate of drug-likeness (QED) is 0.671. The highest BCUT2D eigenvalue weighted by molar-refractivity contribution is 5.78. The second kappa shape index (κ2) is 9.26. The third-order valence-electron chi connectivity index (χ3n) is 6.32. The zero-order valence-electron chi connectivity index (χ0n) is 17.4. The molecule has 30 heavy (non-hydrogen) atoms. The van der Waals surface area contributed by atoms with Crippen LogP contribution in [0.15, 0.2) is 6.33 Å². The Labute approximate surface area is 176 Å². The summed E-state index contributed by atoms with van der Waals surface area (Å²) in [5.74, 6) is 1.96. The SMILES string of the molecule is CN(C)C[C@H]1[C@H]2C[C@H](CN(c3ncnc(N)c3C#N)C2)[C@@H]2CCCC(=O)N21.O=CO. The number of piperidine rings is 3. The van der Waals surface area contributed by atoms with E-state index >= 15 is 0 Å². The topological polar surface area (TPSA) is 140 Å². The lowest BCUT2D eigenvalue weighted by molar-refractivity contribution is -0.149. The van der Waals surface area contributed by atoms with Gasteiger partial charge in [0.1, 0.15) is 23.8 Å². The fourth-order valence-corrected chi connectivity index (χ4v) is 5.29. The number of hydrogen-bond donors (Lipinski definition) is 2. The Morgan fingerprint density at radius 3 is 2.73 bits per heavy atom. The molecule has 2 bridgehead atoms. The maximum absolute atomic E-state index is 12.8. The third kappa shape index (κ3) is 4.16. The van der Waals surface area contributed by atoms with E-state index < -0.39 is 0 Å². The second-order valence-corrected chi connectivity index (χ2v) is 8.43. The number of fused-ring (bicyclic) bond motifs is 4. The maximum Gasteiger partial charge on any atom is 0.290 e. The van der Waals surface area contributed by atoms with Gasteiger partial charge in [-0.15, -0.1) is 0 Å². The molecule has 3 aliphatic rings. The first kappa shape index (κ1) is 21.8. The van der Waals surface area contributed by atoms with Crippen molar-refractivity contribution in [2.24, 2.45) is 11.8 Å². The van der Waals surface area contributed by atoms with Gasteiger partial charge in [0.25, 0.3) is 6.47 Å². The monoisotopic (exact) mass is 415 g/mol. The number of nitrogens with two attached hydrogens (primary N) is 1. The number of hydrogen-bond acceptors (Lipinski definition) is 8. The van der Waals surface area contributed by atoms with Gasteiger partial charge in [-0.25, -0.2) is 9.97 Å². The Kier molecular flexibility index (Phi) is 6.72. The van der Waals surface area contributed by atoms with Gasteiger partial charge in [-0.1, -0.05) is 0 Å². The van der Waals surface area contributed by atoms with Crippen LogP contribution in [-0.4, -0.2) is 83.1 Å². The minimum atomic E-state index is -0.250. The zero-order chi connectivity index (χ0) is 21.8. The summed E-state index contributed by atoms with van der Waals surface area (Å²) in [7, 11) is 4.13. The number of aromatic nitrogens is 2. The summed E-state index contributed by atoms with van der Waals surface area (Å²) in [5, 5.41) is 16.4. The Bertz CT molecular complexity index is 825. The largest absolute Gasteiger partial charge is 0.483 e. The lowest BCUT2D eigenvalue weighted by atomic mass is 9.72. The number of amides is 1. The van der Waals surface area contributed by atoms with Gasteiger partial charge >= 0.3 is 0 Å². The Morgan fingerprint density at radius 2 is 2.07 bits per heavy atom. The molecule has 1 amide bonds. The van der Waals surface area contributed by atoms with Gasteiger partial charge in [0.15, 0.2) is 5.82 Å². The first-order chi connectivity index (χ1) is 14.4. The van der Waals surface area contributed by atoms with Gasteiger partial charge in [0.2, 0.25) is 5.91 Å². The lowest BCUT2D eigenvalue weighted by Gasteiger charge is -2.57. The van der Waals surface area contributed by atoms with Crippen molar-refractivity contribution < 1.29 is 14.7 Å². The number of anilines is 2. The fourth-order valence-electron chi connectivity index (χ4n) is 5.29. The average Bonchev–Trinajstić information content (AvgIpc) is 2.71. The van der Waals surface area contributed by atoms with Crippen LogP contribution in [-0.2, 0) is 9.59 Å². The van der Waals surface area contributed by atoms with Crippen LogP contribution < -0.4 is 10.6 Å². The van der Waals surface area contributed by atoms with E-state index in [4.69, 9.17) is 15.6 Å². The summed E-state index contributed by atoms with van der Waals surface area (Å²) in [4.78, 5) is 36.1. The van der Waals surface area contributed by atoms with Crippen molar-refractivity contribution in [2.75, 3.05) is 44.4 Å². The smallest absolute Gasteiger partial charge is 0.290 e. The number of nitrogen functional groups attached to an aromatic ring is 1. The first-order valence-corrected chi connectivity index (χ1v) is 10.2. The normalized spacial score (nSPS) is 27.6. The van der Waals surface area contributed by atoms with Crippen LogP contribution in [0.4, 0.5) is 11.6 Å². The second-order valence-electron chi connectivity index (χ2n) is 8.43. The van der Waals surface area contributed by atoms with Crippen LogP contribution in [0.2, 0.25) is 0 Å². The molecule has 4 heterocycles. The molecule has 0 unspecified atom stereocenters. The highest BCUT2D eigenvalue weighted by atomic mass is 16.3. The summed E-state index contributed by atoms with van der Waals surface area (Å²) >= 11 is 0. The van der Waals surface area contributed by atoms with Crippen LogP contribution in [0.25, 0.3) is 0 Å². The van der Waals surface area contributed by atoms with Crippen molar-refractivity contribution in [1.82, 2.24) is 19.8 Å². The number of carbonyl (C=O) groups excluding carboxylic acids is 1. The molecular weight excluding hydrogens is 386 g/mol. The molecule has 4 rings (SSSR count). The minimum absolute atomic E-state index is 0.210. The number of nitrogens with zero attached hydrogens (tertiary/aromatic N) is 6. The maximum atomic E-state index is 12.8. The summed E-state index contributed by atoms with van der Waals surface area (Å²) in [6.07, 6.45) is 5.28. The molecule has 10 nitrogen and oxygen atoms in total. The van der Waals surface area contributed by atoms with E-state index in [1.54, 1.807) is 0 Å². The molecular formula is C20H29N7O3. The van der Waals surface area contributed by atoms with Crippen molar-refractivity contribution in [3.63, 3.8) is 0 Å². The van der Waals surface area contributed by atoms with E-state index in [1.165, 1.54) is 6.33 Å². The first-order valence-electron chi connectivity index (χ1n) is 10.2. The van der Waals surface area contributed by atoms with Crippen molar-refractivity contribution in [3.8, 4) is 6.07 Å². The van der Waals surface area contributed by atoms with Crippen molar-refractivity contribution in [3.05, 3.63) is 11.9 Å². The molecule has 3 aliphatic heterocycles. The van der Waals surface area contributed by atoms with E-state index in [1.807, 2.05) is 0 Å². The number of likely N-dealkylation sites (N-methyl/N-ethyl adjacent to an activating group) is 1.